The topological polar surface area (TPSA) is 46.6 Å². The Kier molecular flexibility index (Phi) is 8.18. The maximum absolute atomic E-state index is 13.2. The van der Waals surface area contributed by atoms with Crippen LogP contribution in [0.1, 0.15) is 52.2 Å². The predicted octanol–water partition coefficient (Wildman–Crippen LogP) is 6.49. The molecule has 2 atom stereocenters. The molecule has 2 aliphatic heterocycles. The Labute approximate surface area is 232 Å². The normalized spacial score (nSPS) is 19.5. The lowest BCUT2D eigenvalue weighted by Crippen LogP contribution is -2.45. The average molecular weight is 556 g/mol. The molecule has 0 aromatic heterocycles. The van der Waals surface area contributed by atoms with Crippen molar-refractivity contribution in [3.8, 4) is 0 Å². The first-order chi connectivity index (χ1) is 17.9. The molecule has 2 aliphatic rings. The lowest BCUT2D eigenvalue weighted by Gasteiger charge is -2.40. The maximum atomic E-state index is 13.2. The molecule has 3 aromatic rings. The number of likely N-dealkylation sites (tertiary alicyclic amines) is 1. The van der Waals surface area contributed by atoms with E-state index in [0.717, 1.165) is 44.5 Å². The summed E-state index contributed by atoms with van der Waals surface area (Å²) in [7, 11) is 1.86. The van der Waals surface area contributed by atoms with E-state index >= 15 is 0 Å². The molecule has 1 amide bonds. The van der Waals surface area contributed by atoms with Gasteiger partial charge in [-0.15, -0.1) is 0 Å². The molecule has 0 aliphatic carbocycles. The van der Waals surface area contributed by atoms with Gasteiger partial charge in [0.1, 0.15) is 5.75 Å². The van der Waals surface area contributed by atoms with Crippen LogP contribution in [0.5, 0.6) is 0 Å². The van der Waals surface area contributed by atoms with E-state index in [-0.39, 0.29) is 16.6 Å². The van der Waals surface area contributed by atoms with Crippen molar-refractivity contribution in [3.05, 3.63) is 105 Å². The molecule has 37 heavy (non-hydrogen) atoms. The van der Waals surface area contributed by atoms with E-state index in [1.165, 1.54) is 11.1 Å². The number of halogens is 2. The molecule has 0 radical (unpaired) electrons. The van der Waals surface area contributed by atoms with E-state index in [1.54, 1.807) is 4.90 Å². The number of carbonyl (C=O) groups excluding carboxylic acids is 1. The molecule has 0 N–H and O–H groups in total. The Hall–Kier alpha value is -2.02. The van der Waals surface area contributed by atoms with E-state index in [1.807, 2.05) is 61.6 Å². The van der Waals surface area contributed by atoms with E-state index in [0.29, 0.717) is 27.9 Å². The number of likely N-dealkylation sites (N-methyl/N-ethyl adjacent to an activating group) is 1. The summed E-state index contributed by atoms with van der Waals surface area (Å²) in [6.45, 7) is 3.34. The van der Waals surface area contributed by atoms with Gasteiger partial charge >= 0.3 is 0 Å². The van der Waals surface area contributed by atoms with Crippen molar-refractivity contribution < 1.29 is 9.35 Å². The van der Waals surface area contributed by atoms with Crippen LogP contribution in [0, 0.1) is 0 Å². The minimum absolute atomic E-state index is 0.00736. The molecular weight excluding hydrogens is 523 g/mol. The van der Waals surface area contributed by atoms with Gasteiger partial charge in [0, 0.05) is 62.1 Å². The first kappa shape index (κ1) is 26.6. The van der Waals surface area contributed by atoms with Crippen LogP contribution in [-0.4, -0.2) is 53.5 Å². The third-order valence-electron chi connectivity index (χ3n) is 7.96. The Balaban J connectivity index is 1.26. The molecule has 1 fully saturated rings. The highest BCUT2D eigenvalue weighted by Crippen LogP contribution is 2.48. The number of hydrogen-bond acceptors (Lipinski definition) is 3. The lowest BCUT2D eigenvalue weighted by molar-refractivity contribution is 0.0781. The van der Waals surface area contributed by atoms with Crippen LogP contribution in [-0.2, 0) is 21.7 Å². The Bertz CT molecular complexity index is 1250. The highest BCUT2D eigenvalue weighted by Gasteiger charge is 2.51. The van der Waals surface area contributed by atoms with Crippen molar-refractivity contribution >= 4 is 40.3 Å². The van der Waals surface area contributed by atoms with Gasteiger partial charge in [-0.3, -0.25) is 4.79 Å². The molecule has 5 rings (SSSR count). The second-order valence-electron chi connectivity index (χ2n) is 10.2. The number of hydrogen-bond donors (Lipinski definition) is 0. The van der Waals surface area contributed by atoms with Gasteiger partial charge in [-0.25, -0.2) is 0 Å². The number of benzene rings is 3. The van der Waals surface area contributed by atoms with Gasteiger partial charge in [-0.1, -0.05) is 71.7 Å². The first-order valence-corrected chi connectivity index (χ1v) is 14.9. The fraction of sp³-hybridized carbons (Fsp3) is 0.367. The summed E-state index contributed by atoms with van der Waals surface area (Å²) in [5.41, 5.74) is 4.31. The highest BCUT2D eigenvalue weighted by atomic mass is 35.5. The minimum Gasteiger partial charge on any atom is -0.615 e. The zero-order valence-corrected chi connectivity index (χ0v) is 23.4. The quantitative estimate of drug-likeness (QED) is 0.313. The molecule has 7 heteroatoms. The summed E-state index contributed by atoms with van der Waals surface area (Å²) in [5, 5.41) is 1.06. The van der Waals surface area contributed by atoms with Gasteiger partial charge in [0.05, 0.1) is 10.0 Å². The highest BCUT2D eigenvalue weighted by molar-refractivity contribution is 7.92. The first-order valence-electron chi connectivity index (χ1n) is 12.8. The van der Waals surface area contributed by atoms with Crippen LogP contribution in [0.3, 0.4) is 0 Å². The van der Waals surface area contributed by atoms with E-state index in [9.17, 15) is 9.35 Å². The van der Waals surface area contributed by atoms with Gasteiger partial charge < -0.3 is 14.4 Å². The van der Waals surface area contributed by atoms with Gasteiger partial charge in [-0.2, -0.15) is 0 Å². The number of carbonyl (C=O) groups is 1. The molecule has 194 valence electrons. The van der Waals surface area contributed by atoms with Crippen molar-refractivity contribution in [3.63, 3.8) is 0 Å². The summed E-state index contributed by atoms with van der Waals surface area (Å²) in [4.78, 5) is 17.3. The van der Waals surface area contributed by atoms with E-state index in [2.05, 4.69) is 23.1 Å². The Morgan fingerprint density at radius 3 is 2.46 bits per heavy atom. The van der Waals surface area contributed by atoms with Crippen LogP contribution < -0.4 is 0 Å². The summed E-state index contributed by atoms with van der Waals surface area (Å²) >= 11 is 11.7. The molecule has 1 spiro atoms. The van der Waals surface area contributed by atoms with Crippen LogP contribution in [0.4, 0.5) is 0 Å². The molecule has 4 nitrogen and oxygen atoms in total. The molecular formula is C30H32Cl2N2O2S. The summed E-state index contributed by atoms with van der Waals surface area (Å²) in [6.07, 6.45) is 2.72. The van der Waals surface area contributed by atoms with Gasteiger partial charge in [-0.05, 0) is 54.0 Å². The summed E-state index contributed by atoms with van der Waals surface area (Å²) in [5.74, 6) is 0.801. The lowest BCUT2D eigenvalue weighted by atomic mass is 9.86. The van der Waals surface area contributed by atoms with Crippen LogP contribution >= 0.6 is 23.2 Å². The number of amides is 1. The van der Waals surface area contributed by atoms with Gasteiger partial charge in [0.2, 0.25) is 0 Å². The number of nitrogens with zero attached hydrogens (tertiary/aromatic N) is 2. The van der Waals surface area contributed by atoms with Crippen molar-refractivity contribution in [2.75, 3.05) is 33.2 Å². The molecule has 0 saturated carbocycles. The molecule has 1 saturated heterocycles. The van der Waals surface area contributed by atoms with Crippen molar-refractivity contribution in [1.29, 1.82) is 0 Å². The Morgan fingerprint density at radius 1 is 1.03 bits per heavy atom. The van der Waals surface area contributed by atoms with Crippen LogP contribution in [0.25, 0.3) is 0 Å². The van der Waals surface area contributed by atoms with Crippen molar-refractivity contribution in [2.24, 2.45) is 0 Å². The SMILES string of the molecule is CN(CC(CCN1CCC2(CC1)c1ccccc1C[S+]2[O-])c1ccc(Cl)c(Cl)c1)C(=O)c1ccccc1. The minimum atomic E-state index is -0.856. The second-order valence-corrected chi connectivity index (χ2v) is 12.8. The standard InChI is InChI=1S/C30H32Cl2N2O2S/c1-33(29(35)22-7-3-2-4-8-22)20-24(23-11-12-27(31)28(32)19-23)13-16-34-17-14-30(15-18-34)26-10-6-5-9-25(26)21-37(30)36/h2-12,19,24H,13-18,20-21H2,1H3. The predicted molar refractivity (Wildman–Crippen MR) is 153 cm³/mol. The third-order valence-corrected chi connectivity index (χ3v) is 10.8. The maximum Gasteiger partial charge on any atom is 0.253 e. The largest absolute Gasteiger partial charge is 0.615 e. The van der Waals surface area contributed by atoms with Crippen molar-refractivity contribution in [2.45, 2.75) is 35.7 Å². The monoisotopic (exact) mass is 554 g/mol. The zero-order valence-electron chi connectivity index (χ0n) is 21.0. The van der Waals surface area contributed by atoms with Gasteiger partial charge in [0.25, 0.3) is 5.91 Å². The van der Waals surface area contributed by atoms with Crippen LogP contribution in [0.15, 0.2) is 72.8 Å². The summed E-state index contributed by atoms with van der Waals surface area (Å²) < 4.78 is 13.0. The van der Waals surface area contributed by atoms with E-state index < -0.39 is 11.2 Å². The van der Waals surface area contributed by atoms with Crippen LogP contribution in [0.2, 0.25) is 10.0 Å². The molecule has 2 heterocycles. The average Bonchev–Trinajstić information content (AvgIpc) is 3.19. The molecule has 0 bridgehead atoms. The number of fused-ring (bicyclic) bond motifs is 2. The fourth-order valence-corrected chi connectivity index (χ4v) is 8.01. The number of piperidine rings is 1. The fourth-order valence-electron chi connectivity index (χ4n) is 5.81. The smallest absolute Gasteiger partial charge is 0.253 e. The Morgan fingerprint density at radius 2 is 1.73 bits per heavy atom. The van der Waals surface area contributed by atoms with Crippen molar-refractivity contribution in [1.82, 2.24) is 9.80 Å². The summed E-state index contributed by atoms with van der Waals surface area (Å²) in [6, 6.07) is 23.6. The zero-order chi connectivity index (χ0) is 26.0. The van der Waals surface area contributed by atoms with E-state index in [4.69, 9.17) is 23.2 Å². The van der Waals surface area contributed by atoms with Gasteiger partial charge in [0.15, 0.2) is 4.75 Å². The second kappa shape index (κ2) is 11.4. The molecule has 3 aromatic carbocycles. The molecule has 2 unspecified atom stereocenters. The number of rotatable bonds is 7. The third kappa shape index (κ3) is 5.57.